The van der Waals surface area contributed by atoms with Crippen molar-refractivity contribution in [3.63, 3.8) is 0 Å². The van der Waals surface area contributed by atoms with Crippen molar-refractivity contribution in [2.75, 3.05) is 11.5 Å². The van der Waals surface area contributed by atoms with Crippen LogP contribution in [-0.4, -0.2) is 15.7 Å². The Labute approximate surface area is 96.5 Å². The van der Waals surface area contributed by atoms with Gasteiger partial charge in [-0.3, -0.25) is 4.21 Å². The average molecular weight is 275 g/mol. The molecule has 0 heterocycles. The molecule has 0 aliphatic heterocycles. The summed E-state index contributed by atoms with van der Waals surface area (Å²) >= 11 is 3.50. The van der Waals surface area contributed by atoms with E-state index in [1.807, 2.05) is 25.1 Å². The van der Waals surface area contributed by atoms with E-state index in [4.69, 9.17) is 0 Å². The first kappa shape index (κ1) is 11.9. The number of rotatable bonds is 5. The highest BCUT2D eigenvalue weighted by Gasteiger charge is 2.00. The molecule has 3 heteroatoms. The van der Waals surface area contributed by atoms with Gasteiger partial charge in [-0.05, 0) is 24.5 Å². The van der Waals surface area contributed by atoms with Crippen LogP contribution >= 0.6 is 15.9 Å². The minimum Gasteiger partial charge on any atom is -0.260 e. The second kappa shape index (κ2) is 6.36. The average Bonchev–Trinajstić information content (AvgIpc) is 2.20. The van der Waals surface area contributed by atoms with Crippen LogP contribution in [0.15, 0.2) is 28.7 Å². The summed E-state index contributed by atoms with van der Waals surface area (Å²) in [6, 6.07) is 8.21. The van der Waals surface area contributed by atoms with E-state index in [0.29, 0.717) is 0 Å². The molecule has 0 bridgehead atoms. The number of hydrogen-bond acceptors (Lipinski definition) is 1. The second-order valence-electron chi connectivity index (χ2n) is 3.13. The van der Waals surface area contributed by atoms with E-state index in [1.165, 1.54) is 5.56 Å². The fourth-order valence-corrected chi connectivity index (χ4v) is 2.51. The fraction of sp³-hybridized carbons (Fsp3) is 0.455. The molecule has 1 aromatic carbocycles. The van der Waals surface area contributed by atoms with Gasteiger partial charge in [0.2, 0.25) is 0 Å². The van der Waals surface area contributed by atoms with Crippen LogP contribution < -0.4 is 0 Å². The first-order valence-corrected chi connectivity index (χ1v) is 7.10. The lowest BCUT2D eigenvalue weighted by Crippen LogP contribution is -2.01. The van der Waals surface area contributed by atoms with Crippen LogP contribution in [0.5, 0.6) is 0 Å². The zero-order valence-electron chi connectivity index (χ0n) is 8.33. The van der Waals surface area contributed by atoms with Gasteiger partial charge in [-0.25, -0.2) is 0 Å². The minimum atomic E-state index is -0.623. The lowest BCUT2D eigenvalue weighted by molar-refractivity contribution is 0.681. The SMILES string of the molecule is CC[S@](=O)CCCc1ccccc1Br. The molecule has 0 radical (unpaired) electrons. The highest BCUT2D eigenvalue weighted by atomic mass is 79.9. The Morgan fingerprint density at radius 1 is 1.36 bits per heavy atom. The van der Waals surface area contributed by atoms with E-state index in [1.54, 1.807) is 0 Å². The second-order valence-corrected chi connectivity index (χ2v) is 5.85. The van der Waals surface area contributed by atoms with E-state index in [9.17, 15) is 4.21 Å². The number of halogens is 1. The van der Waals surface area contributed by atoms with Crippen molar-refractivity contribution < 1.29 is 4.21 Å². The summed E-state index contributed by atoms with van der Waals surface area (Å²) in [7, 11) is -0.623. The number of benzene rings is 1. The van der Waals surface area contributed by atoms with Gasteiger partial charge < -0.3 is 0 Å². The molecule has 14 heavy (non-hydrogen) atoms. The van der Waals surface area contributed by atoms with Gasteiger partial charge in [-0.15, -0.1) is 0 Å². The molecule has 0 aromatic heterocycles. The quantitative estimate of drug-likeness (QED) is 0.806. The van der Waals surface area contributed by atoms with E-state index in [2.05, 4.69) is 22.0 Å². The Bertz CT molecular complexity index is 312. The van der Waals surface area contributed by atoms with Crippen LogP contribution in [0.1, 0.15) is 18.9 Å². The first-order chi connectivity index (χ1) is 6.74. The molecular formula is C11H15BrOS. The molecule has 0 aliphatic rings. The maximum atomic E-state index is 11.2. The highest BCUT2D eigenvalue weighted by Crippen LogP contribution is 2.17. The maximum Gasteiger partial charge on any atom is 0.0237 e. The third-order valence-corrected chi connectivity index (χ3v) is 4.26. The summed E-state index contributed by atoms with van der Waals surface area (Å²) < 4.78 is 12.3. The summed E-state index contributed by atoms with van der Waals surface area (Å²) in [4.78, 5) is 0. The predicted molar refractivity (Wildman–Crippen MR) is 66.0 cm³/mol. The number of hydrogen-bond donors (Lipinski definition) is 0. The van der Waals surface area contributed by atoms with Crippen molar-refractivity contribution in [2.45, 2.75) is 19.8 Å². The normalized spacial score (nSPS) is 12.7. The zero-order valence-corrected chi connectivity index (χ0v) is 10.7. The Morgan fingerprint density at radius 3 is 2.71 bits per heavy atom. The van der Waals surface area contributed by atoms with Crippen LogP contribution in [0.3, 0.4) is 0 Å². The third-order valence-electron chi connectivity index (χ3n) is 2.10. The summed E-state index contributed by atoms with van der Waals surface area (Å²) in [5.41, 5.74) is 1.31. The Hall–Kier alpha value is -0.150. The molecule has 0 N–H and O–H groups in total. The summed E-state index contributed by atoms with van der Waals surface area (Å²) in [5.74, 6) is 1.59. The van der Waals surface area contributed by atoms with Crippen molar-refractivity contribution in [1.82, 2.24) is 0 Å². The van der Waals surface area contributed by atoms with Crippen LogP contribution in [0.2, 0.25) is 0 Å². The van der Waals surface area contributed by atoms with E-state index in [0.717, 1.165) is 28.8 Å². The van der Waals surface area contributed by atoms with Gasteiger partial charge in [0.15, 0.2) is 0 Å². The molecule has 0 amide bonds. The smallest absolute Gasteiger partial charge is 0.0237 e. The fourth-order valence-electron chi connectivity index (χ4n) is 1.27. The molecule has 0 spiro atoms. The van der Waals surface area contributed by atoms with E-state index >= 15 is 0 Å². The van der Waals surface area contributed by atoms with Gasteiger partial charge in [0.25, 0.3) is 0 Å². The van der Waals surface area contributed by atoms with Gasteiger partial charge in [0.05, 0.1) is 0 Å². The van der Waals surface area contributed by atoms with Crippen molar-refractivity contribution in [2.24, 2.45) is 0 Å². The van der Waals surface area contributed by atoms with Crippen molar-refractivity contribution in [3.8, 4) is 0 Å². The van der Waals surface area contributed by atoms with Gasteiger partial charge in [-0.1, -0.05) is 41.1 Å². The van der Waals surface area contributed by atoms with Gasteiger partial charge in [0, 0.05) is 26.8 Å². The van der Waals surface area contributed by atoms with Crippen LogP contribution in [0, 0.1) is 0 Å². The molecule has 0 saturated carbocycles. The topological polar surface area (TPSA) is 17.1 Å². The molecule has 0 unspecified atom stereocenters. The lowest BCUT2D eigenvalue weighted by Gasteiger charge is -2.03. The van der Waals surface area contributed by atoms with Gasteiger partial charge >= 0.3 is 0 Å². The molecule has 0 aliphatic carbocycles. The largest absolute Gasteiger partial charge is 0.260 e. The Kier molecular flexibility index (Phi) is 5.41. The monoisotopic (exact) mass is 274 g/mol. The lowest BCUT2D eigenvalue weighted by atomic mass is 10.1. The molecular weight excluding hydrogens is 260 g/mol. The van der Waals surface area contributed by atoms with E-state index < -0.39 is 10.8 Å². The molecule has 0 fully saturated rings. The van der Waals surface area contributed by atoms with E-state index in [-0.39, 0.29) is 0 Å². The summed E-state index contributed by atoms with van der Waals surface area (Å²) in [5, 5.41) is 0. The molecule has 1 rings (SSSR count). The summed E-state index contributed by atoms with van der Waals surface area (Å²) in [6.07, 6.45) is 2.01. The molecule has 0 saturated heterocycles. The first-order valence-electron chi connectivity index (χ1n) is 4.82. The van der Waals surface area contributed by atoms with Gasteiger partial charge in [0.1, 0.15) is 0 Å². The predicted octanol–water partition coefficient (Wildman–Crippen LogP) is 3.15. The molecule has 1 aromatic rings. The van der Waals surface area contributed by atoms with Crippen LogP contribution in [0.25, 0.3) is 0 Å². The Balaban J connectivity index is 2.39. The minimum absolute atomic E-state index is 0.623. The maximum absolute atomic E-state index is 11.2. The van der Waals surface area contributed by atoms with Crippen LogP contribution in [0.4, 0.5) is 0 Å². The van der Waals surface area contributed by atoms with Gasteiger partial charge in [-0.2, -0.15) is 0 Å². The standard InChI is InChI=1S/C11H15BrOS/c1-2-14(13)9-5-7-10-6-3-4-8-11(10)12/h3-4,6,8H,2,5,7,9H2,1H3/t14-/m0/s1. The van der Waals surface area contributed by atoms with Crippen LogP contribution in [-0.2, 0) is 17.2 Å². The zero-order chi connectivity index (χ0) is 10.4. The highest BCUT2D eigenvalue weighted by molar-refractivity contribution is 9.10. The van der Waals surface area contributed by atoms with Crippen molar-refractivity contribution >= 4 is 26.7 Å². The summed E-state index contributed by atoms with van der Waals surface area (Å²) in [6.45, 7) is 1.97. The number of aryl methyl sites for hydroxylation is 1. The van der Waals surface area contributed by atoms with Crippen molar-refractivity contribution in [1.29, 1.82) is 0 Å². The molecule has 78 valence electrons. The molecule has 1 nitrogen and oxygen atoms in total. The van der Waals surface area contributed by atoms with Crippen molar-refractivity contribution in [3.05, 3.63) is 34.3 Å². The molecule has 1 atom stereocenters. The third kappa shape index (κ3) is 3.93. The Morgan fingerprint density at radius 2 is 2.07 bits per heavy atom.